The summed E-state index contributed by atoms with van der Waals surface area (Å²) in [6.07, 6.45) is 8.36. The molecule has 0 unspecified atom stereocenters. The second kappa shape index (κ2) is 6.31. The van der Waals surface area contributed by atoms with E-state index in [-0.39, 0.29) is 5.91 Å². The lowest BCUT2D eigenvalue weighted by Gasteiger charge is -2.39. The van der Waals surface area contributed by atoms with E-state index in [1.54, 1.807) is 18.1 Å². The predicted molar refractivity (Wildman–Crippen MR) is 78.1 cm³/mol. The maximum atomic E-state index is 12.3. The molecule has 0 atom stereocenters. The van der Waals surface area contributed by atoms with Gasteiger partial charge in [-0.05, 0) is 12.8 Å². The first-order valence-corrected chi connectivity index (χ1v) is 7.86. The SMILES string of the molecule is CN(C(=O)CSc1nccn1C)C1(C#N)CCCCC1. The zero-order valence-electron chi connectivity index (χ0n) is 12.0. The van der Waals surface area contributed by atoms with Crippen LogP contribution < -0.4 is 0 Å². The fourth-order valence-electron chi connectivity index (χ4n) is 2.61. The lowest BCUT2D eigenvalue weighted by Crippen LogP contribution is -2.50. The minimum atomic E-state index is -0.600. The van der Waals surface area contributed by atoms with Crippen molar-refractivity contribution in [2.24, 2.45) is 7.05 Å². The number of hydrogen-bond acceptors (Lipinski definition) is 4. The van der Waals surface area contributed by atoms with Crippen LogP contribution in [0.4, 0.5) is 0 Å². The van der Waals surface area contributed by atoms with Gasteiger partial charge < -0.3 is 9.47 Å². The molecule has 0 aromatic carbocycles. The van der Waals surface area contributed by atoms with Crippen molar-refractivity contribution in [1.29, 1.82) is 5.26 Å². The molecule has 2 rings (SSSR count). The number of hydrogen-bond donors (Lipinski definition) is 0. The Labute approximate surface area is 124 Å². The van der Waals surface area contributed by atoms with E-state index >= 15 is 0 Å². The van der Waals surface area contributed by atoms with Crippen LogP contribution in [0, 0.1) is 11.3 Å². The number of nitriles is 1. The molecule has 5 nitrogen and oxygen atoms in total. The van der Waals surface area contributed by atoms with E-state index in [0.29, 0.717) is 5.75 Å². The smallest absolute Gasteiger partial charge is 0.234 e. The average Bonchev–Trinajstić information content (AvgIpc) is 2.90. The monoisotopic (exact) mass is 292 g/mol. The molecule has 1 aliphatic carbocycles. The van der Waals surface area contributed by atoms with Gasteiger partial charge in [0.05, 0.1) is 11.8 Å². The minimum Gasteiger partial charge on any atom is -0.329 e. The van der Waals surface area contributed by atoms with Crippen molar-refractivity contribution in [3.05, 3.63) is 12.4 Å². The Balaban J connectivity index is 1.97. The van der Waals surface area contributed by atoms with E-state index in [4.69, 9.17) is 0 Å². The van der Waals surface area contributed by atoms with Crippen LogP contribution in [0.5, 0.6) is 0 Å². The van der Waals surface area contributed by atoms with Crippen LogP contribution in [-0.4, -0.2) is 38.7 Å². The largest absolute Gasteiger partial charge is 0.329 e. The fraction of sp³-hybridized carbons (Fsp3) is 0.643. The normalized spacial score (nSPS) is 17.4. The van der Waals surface area contributed by atoms with Gasteiger partial charge in [0.25, 0.3) is 0 Å². The van der Waals surface area contributed by atoms with Crippen molar-refractivity contribution in [2.45, 2.75) is 42.8 Å². The number of thioether (sulfide) groups is 1. The Morgan fingerprint density at radius 3 is 2.80 bits per heavy atom. The van der Waals surface area contributed by atoms with Crippen LogP contribution in [0.15, 0.2) is 17.6 Å². The van der Waals surface area contributed by atoms with Gasteiger partial charge in [0.2, 0.25) is 5.91 Å². The molecule has 1 heterocycles. The Morgan fingerprint density at radius 2 is 2.25 bits per heavy atom. The summed E-state index contributed by atoms with van der Waals surface area (Å²) in [5.41, 5.74) is -0.600. The zero-order valence-corrected chi connectivity index (χ0v) is 12.8. The Bertz CT molecular complexity index is 513. The summed E-state index contributed by atoms with van der Waals surface area (Å²) in [6.45, 7) is 0. The molecule has 0 saturated heterocycles. The number of carbonyl (C=O) groups excluding carboxylic acids is 1. The third kappa shape index (κ3) is 2.98. The topological polar surface area (TPSA) is 61.9 Å². The van der Waals surface area contributed by atoms with Gasteiger partial charge in [0, 0.05) is 26.5 Å². The highest BCUT2D eigenvalue weighted by atomic mass is 32.2. The molecule has 0 N–H and O–H groups in total. The summed E-state index contributed by atoms with van der Waals surface area (Å²) in [7, 11) is 3.66. The molecular weight excluding hydrogens is 272 g/mol. The van der Waals surface area contributed by atoms with Crippen molar-refractivity contribution < 1.29 is 4.79 Å². The molecular formula is C14H20N4OS. The quantitative estimate of drug-likeness (QED) is 0.798. The molecule has 0 aliphatic heterocycles. The van der Waals surface area contributed by atoms with Crippen LogP contribution in [0.25, 0.3) is 0 Å². The number of carbonyl (C=O) groups is 1. The van der Waals surface area contributed by atoms with Gasteiger partial charge in [-0.2, -0.15) is 5.26 Å². The highest BCUT2D eigenvalue weighted by Crippen LogP contribution is 2.33. The number of nitrogens with zero attached hydrogens (tertiary/aromatic N) is 4. The van der Waals surface area contributed by atoms with E-state index in [0.717, 1.165) is 37.3 Å². The van der Waals surface area contributed by atoms with Crippen molar-refractivity contribution in [3.8, 4) is 6.07 Å². The predicted octanol–water partition coefficient (Wildman–Crippen LogP) is 2.20. The summed E-state index contributed by atoms with van der Waals surface area (Å²) < 4.78 is 1.89. The van der Waals surface area contributed by atoms with Gasteiger partial charge in [-0.3, -0.25) is 4.79 Å². The molecule has 1 aliphatic rings. The number of rotatable bonds is 4. The Kier molecular flexibility index (Phi) is 4.71. The van der Waals surface area contributed by atoms with E-state index in [9.17, 15) is 10.1 Å². The molecule has 6 heteroatoms. The molecule has 20 heavy (non-hydrogen) atoms. The molecule has 0 spiro atoms. The van der Waals surface area contributed by atoms with E-state index in [2.05, 4.69) is 11.1 Å². The third-order valence-electron chi connectivity index (χ3n) is 4.01. The lowest BCUT2D eigenvalue weighted by atomic mass is 9.81. The minimum absolute atomic E-state index is 0.00134. The molecule has 108 valence electrons. The Morgan fingerprint density at radius 1 is 1.55 bits per heavy atom. The number of amides is 1. The summed E-state index contributed by atoms with van der Waals surface area (Å²) in [5, 5.41) is 10.3. The lowest BCUT2D eigenvalue weighted by molar-refractivity contribution is -0.131. The highest BCUT2D eigenvalue weighted by Gasteiger charge is 2.38. The second-order valence-electron chi connectivity index (χ2n) is 5.27. The molecule has 1 aromatic heterocycles. The molecule has 0 bridgehead atoms. The second-order valence-corrected chi connectivity index (χ2v) is 6.21. The van der Waals surface area contributed by atoms with E-state index in [1.165, 1.54) is 11.8 Å². The third-order valence-corrected chi connectivity index (χ3v) is 5.05. The summed E-state index contributed by atoms with van der Waals surface area (Å²) in [6, 6.07) is 2.38. The van der Waals surface area contributed by atoms with E-state index in [1.807, 2.05) is 17.8 Å². The summed E-state index contributed by atoms with van der Waals surface area (Å²) in [4.78, 5) is 18.2. The van der Waals surface area contributed by atoms with E-state index < -0.39 is 5.54 Å². The first-order chi connectivity index (χ1) is 9.59. The first-order valence-electron chi connectivity index (χ1n) is 6.87. The van der Waals surface area contributed by atoms with Gasteiger partial charge in [-0.1, -0.05) is 31.0 Å². The molecule has 1 fully saturated rings. The number of aryl methyl sites for hydroxylation is 1. The Hall–Kier alpha value is -1.48. The van der Waals surface area contributed by atoms with Gasteiger partial charge in [0.15, 0.2) is 5.16 Å². The van der Waals surface area contributed by atoms with Crippen molar-refractivity contribution in [1.82, 2.24) is 14.5 Å². The highest BCUT2D eigenvalue weighted by molar-refractivity contribution is 7.99. The van der Waals surface area contributed by atoms with Crippen LogP contribution >= 0.6 is 11.8 Å². The maximum Gasteiger partial charge on any atom is 0.234 e. The van der Waals surface area contributed by atoms with Crippen LogP contribution in [-0.2, 0) is 11.8 Å². The summed E-state index contributed by atoms with van der Waals surface area (Å²) >= 11 is 1.41. The van der Waals surface area contributed by atoms with Crippen molar-refractivity contribution in [3.63, 3.8) is 0 Å². The molecule has 0 radical (unpaired) electrons. The molecule has 1 amide bonds. The van der Waals surface area contributed by atoms with Gasteiger partial charge in [-0.15, -0.1) is 0 Å². The maximum absolute atomic E-state index is 12.3. The first kappa shape index (κ1) is 14.9. The number of aromatic nitrogens is 2. The van der Waals surface area contributed by atoms with Crippen LogP contribution in [0.3, 0.4) is 0 Å². The molecule has 1 saturated carbocycles. The van der Waals surface area contributed by atoms with Crippen molar-refractivity contribution in [2.75, 3.05) is 12.8 Å². The fourth-order valence-corrected chi connectivity index (χ4v) is 3.46. The number of imidazole rings is 1. The average molecular weight is 292 g/mol. The van der Waals surface area contributed by atoms with Crippen LogP contribution in [0.2, 0.25) is 0 Å². The van der Waals surface area contributed by atoms with Gasteiger partial charge >= 0.3 is 0 Å². The zero-order chi connectivity index (χ0) is 14.6. The molecule has 1 aromatic rings. The van der Waals surface area contributed by atoms with Gasteiger partial charge in [0.1, 0.15) is 5.54 Å². The standard InChI is InChI=1S/C14H20N4OS/c1-17-9-8-16-13(17)20-10-12(19)18(2)14(11-15)6-4-3-5-7-14/h8-9H,3-7,10H2,1-2H3. The van der Waals surface area contributed by atoms with Crippen LogP contribution in [0.1, 0.15) is 32.1 Å². The van der Waals surface area contributed by atoms with Crippen molar-refractivity contribution >= 4 is 17.7 Å². The van der Waals surface area contributed by atoms with Gasteiger partial charge in [-0.25, -0.2) is 4.98 Å². The summed E-state index contributed by atoms with van der Waals surface area (Å²) in [5.74, 6) is 0.326.